The number of nitrogens with one attached hydrogen (secondary N) is 1. The molecule has 0 unspecified atom stereocenters. The van der Waals surface area contributed by atoms with Gasteiger partial charge in [-0.05, 0) is 29.7 Å². The lowest BCUT2D eigenvalue weighted by atomic mass is 10.0. The third kappa shape index (κ3) is 4.00. The van der Waals surface area contributed by atoms with Crippen molar-refractivity contribution < 1.29 is 13.2 Å². The number of aromatic nitrogens is 1. The minimum atomic E-state index is -3.63. The molecule has 1 aromatic heterocycles. The van der Waals surface area contributed by atoms with Crippen LogP contribution in [-0.4, -0.2) is 43.1 Å². The monoisotopic (exact) mass is 386 g/mol. The van der Waals surface area contributed by atoms with Crippen molar-refractivity contribution in [3.8, 4) is 0 Å². The van der Waals surface area contributed by atoms with Crippen LogP contribution < -0.4 is 4.72 Å². The van der Waals surface area contributed by atoms with Crippen LogP contribution in [-0.2, 0) is 21.4 Å². The molecule has 3 rings (SSSR count). The Morgan fingerprint density at radius 2 is 1.96 bits per heavy atom. The number of sulfonamides is 1. The number of carbonyl (C=O) groups excluding carboxylic acids is 1. The molecular formula is C19H22N4O3S. The molecule has 8 heteroatoms. The Morgan fingerprint density at radius 1 is 1.22 bits per heavy atom. The number of amidine groups is 1. The molecule has 0 spiro atoms. The minimum absolute atomic E-state index is 0.0985. The summed E-state index contributed by atoms with van der Waals surface area (Å²) in [7, 11) is -1.93. The molecule has 0 saturated heterocycles. The van der Waals surface area contributed by atoms with E-state index in [4.69, 9.17) is 0 Å². The Morgan fingerprint density at radius 3 is 2.63 bits per heavy atom. The Hall–Kier alpha value is -2.74. The molecule has 0 radical (unpaired) electrons. The average molecular weight is 386 g/mol. The molecule has 2 aromatic rings. The smallest absolute Gasteiger partial charge is 0.263 e. The summed E-state index contributed by atoms with van der Waals surface area (Å²) in [6.07, 6.45) is 3.39. The van der Waals surface area contributed by atoms with Crippen LogP contribution in [0.4, 0.5) is 0 Å². The summed E-state index contributed by atoms with van der Waals surface area (Å²) < 4.78 is 27.0. The van der Waals surface area contributed by atoms with E-state index < -0.39 is 16.1 Å². The molecule has 0 saturated carbocycles. The molecule has 1 amide bonds. The van der Waals surface area contributed by atoms with Gasteiger partial charge in [0.25, 0.3) is 10.0 Å². The highest BCUT2D eigenvalue weighted by atomic mass is 32.2. The van der Waals surface area contributed by atoms with Crippen molar-refractivity contribution >= 4 is 21.8 Å². The predicted octanol–water partition coefficient (Wildman–Crippen LogP) is 1.80. The molecule has 1 aromatic carbocycles. The van der Waals surface area contributed by atoms with Crippen LogP contribution >= 0.6 is 0 Å². The number of rotatable bonds is 5. The van der Waals surface area contributed by atoms with E-state index in [1.807, 2.05) is 26.0 Å². The van der Waals surface area contributed by atoms with E-state index in [1.165, 1.54) is 6.07 Å². The first-order chi connectivity index (χ1) is 12.8. The molecule has 0 fully saturated rings. The number of hydrogen-bond donors (Lipinski definition) is 1. The molecule has 1 aliphatic heterocycles. The van der Waals surface area contributed by atoms with Gasteiger partial charge >= 0.3 is 0 Å². The first-order valence-electron chi connectivity index (χ1n) is 8.63. The maximum Gasteiger partial charge on any atom is 0.263 e. The first kappa shape index (κ1) is 19.0. The number of fused-ring (bicyclic) bond motifs is 1. The number of amides is 1. The fourth-order valence-electron chi connectivity index (χ4n) is 2.93. The van der Waals surface area contributed by atoms with Gasteiger partial charge in [-0.25, -0.2) is 8.42 Å². The molecule has 7 nitrogen and oxygen atoms in total. The predicted molar refractivity (Wildman–Crippen MR) is 103 cm³/mol. The van der Waals surface area contributed by atoms with Crippen molar-refractivity contribution in [1.82, 2.24) is 14.6 Å². The summed E-state index contributed by atoms with van der Waals surface area (Å²) in [4.78, 5) is 23.3. The van der Waals surface area contributed by atoms with Crippen LogP contribution in [0.5, 0.6) is 0 Å². The third-order valence-corrected chi connectivity index (χ3v) is 5.73. The maximum absolute atomic E-state index is 13.0. The van der Waals surface area contributed by atoms with Crippen LogP contribution in [0.15, 0.2) is 58.7 Å². The lowest BCUT2D eigenvalue weighted by Gasteiger charge is -2.24. The van der Waals surface area contributed by atoms with Crippen LogP contribution in [0.2, 0.25) is 0 Å². The van der Waals surface area contributed by atoms with Gasteiger partial charge in [0.2, 0.25) is 5.91 Å². The normalized spacial score (nSPS) is 17.4. The second-order valence-electron chi connectivity index (χ2n) is 6.82. The number of pyridine rings is 1. The van der Waals surface area contributed by atoms with E-state index in [9.17, 15) is 13.2 Å². The van der Waals surface area contributed by atoms with Gasteiger partial charge in [0, 0.05) is 31.5 Å². The van der Waals surface area contributed by atoms with E-state index in [0.717, 1.165) is 5.56 Å². The molecule has 2 heterocycles. The standard InChI is InChI=1S/C19H22N4O3S/c1-13(2)17(19(24)23(3)12-14-7-6-10-20-11-14)21-18-15-8-4-5-9-16(15)27(25,26)22-18/h4-11,13,17H,12H2,1-3H3,(H,21,22)/t17-/m0/s1. The van der Waals surface area contributed by atoms with Gasteiger partial charge in [-0.2, -0.15) is 0 Å². The van der Waals surface area contributed by atoms with Gasteiger partial charge in [-0.1, -0.05) is 32.0 Å². The van der Waals surface area contributed by atoms with Crippen LogP contribution in [0, 0.1) is 5.92 Å². The van der Waals surface area contributed by atoms with Gasteiger partial charge in [-0.3, -0.25) is 19.5 Å². The molecule has 1 atom stereocenters. The number of aliphatic imine (C=N–C) groups is 1. The summed E-state index contributed by atoms with van der Waals surface area (Å²) in [6, 6.07) is 9.64. The number of hydrogen-bond acceptors (Lipinski definition) is 5. The van der Waals surface area contributed by atoms with Gasteiger partial charge in [0.1, 0.15) is 11.9 Å². The van der Waals surface area contributed by atoms with Crippen molar-refractivity contribution in [3.63, 3.8) is 0 Å². The third-order valence-electron chi connectivity index (χ3n) is 4.33. The molecule has 0 bridgehead atoms. The van der Waals surface area contributed by atoms with Crippen LogP contribution in [0.1, 0.15) is 25.0 Å². The fourth-order valence-corrected chi connectivity index (χ4v) is 4.17. The molecular weight excluding hydrogens is 364 g/mol. The lowest BCUT2D eigenvalue weighted by molar-refractivity contribution is -0.132. The number of benzene rings is 1. The Labute approximate surface area is 159 Å². The quantitative estimate of drug-likeness (QED) is 0.848. The summed E-state index contributed by atoms with van der Waals surface area (Å²) in [6.45, 7) is 4.18. The second-order valence-corrected chi connectivity index (χ2v) is 8.47. The zero-order chi connectivity index (χ0) is 19.6. The first-order valence-corrected chi connectivity index (χ1v) is 10.1. The van der Waals surface area contributed by atoms with E-state index in [2.05, 4.69) is 14.7 Å². The average Bonchev–Trinajstić information content (AvgIpc) is 2.90. The zero-order valence-electron chi connectivity index (χ0n) is 15.5. The van der Waals surface area contributed by atoms with Crippen molar-refractivity contribution in [1.29, 1.82) is 0 Å². The lowest BCUT2D eigenvalue weighted by Crippen LogP contribution is -2.39. The van der Waals surface area contributed by atoms with Gasteiger partial charge in [0.15, 0.2) is 0 Å². The van der Waals surface area contributed by atoms with Gasteiger partial charge < -0.3 is 4.90 Å². The van der Waals surface area contributed by atoms with Crippen LogP contribution in [0.25, 0.3) is 0 Å². The number of nitrogens with zero attached hydrogens (tertiary/aromatic N) is 3. The molecule has 1 N–H and O–H groups in total. The number of likely N-dealkylation sites (N-methyl/N-ethyl adjacent to an activating group) is 1. The van der Waals surface area contributed by atoms with E-state index >= 15 is 0 Å². The second kappa shape index (κ2) is 7.48. The van der Waals surface area contributed by atoms with Crippen LogP contribution in [0.3, 0.4) is 0 Å². The molecule has 142 valence electrons. The number of carbonyl (C=O) groups is 1. The van der Waals surface area contributed by atoms with E-state index in [1.54, 1.807) is 42.5 Å². The highest BCUT2D eigenvalue weighted by molar-refractivity contribution is 7.90. The SMILES string of the molecule is CC(C)[C@H](N=C1NS(=O)(=O)c2ccccc21)C(=O)N(C)Cc1cccnc1. The van der Waals surface area contributed by atoms with Crippen molar-refractivity contribution in [2.75, 3.05) is 7.05 Å². The van der Waals surface area contributed by atoms with Crippen molar-refractivity contribution in [3.05, 3.63) is 59.9 Å². The summed E-state index contributed by atoms with van der Waals surface area (Å²) in [5.74, 6) is -0.0593. The molecule has 1 aliphatic rings. The van der Waals surface area contributed by atoms with Gasteiger partial charge in [0.05, 0.1) is 4.90 Å². The molecule has 27 heavy (non-hydrogen) atoms. The highest BCUT2D eigenvalue weighted by Gasteiger charge is 2.33. The Kier molecular flexibility index (Phi) is 5.27. The summed E-state index contributed by atoms with van der Waals surface area (Å²) in [5, 5.41) is 0. The minimum Gasteiger partial charge on any atom is -0.340 e. The van der Waals surface area contributed by atoms with Crippen molar-refractivity contribution in [2.24, 2.45) is 10.9 Å². The van der Waals surface area contributed by atoms with Gasteiger partial charge in [-0.15, -0.1) is 0 Å². The van der Waals surface area contributed by atoms with E-state index in [0.29, 0.717) is 12.1 Å². The Balaban J connectivity index is 1.88. The largest absolute Gasteiger partial charge is 0.340 e. The van der Waals surface area contributed by atoms with E-state index in [-0.39, 0.29) is 22.6 Å². The summed E-state index contributed by atoms with van der Waals surface area (Å²) >= 11 is 0. The highest BCUT2D eigenvalue weighted by Crippen LogP contribution is 2.24. The Bertz CT molecular complexity index is 971. The summed E-state index contributed by atoms with van der Waals surface area (Å²) in [5.41, 5.74) is 1.40. The van der Waals surface area contributed by atoms with Crippen molar-refractivity contribution in [2.45, 2.75) is 31.3 Å². The fraction of sp³-hybridized carbons (Fsp3) is 0.316. The maximum atomic E-state index is 13.0. The zero-order valence-corrected chi connectivity index (χ0v) is 16.3. The molecule has 0 aliphatic carbocycles. The topological polar surface area (TPSA) is 91.7 Å².